The van der Waals surface area contributed by atoms with E-state index in [0.29, 0.717) is 13.0 Å². The highest BCUT2D eigenvalue weighted by Gasteiger charge is 2.26. The minimum absolute atomic E-state index is 0.235. The van der Waals surface area contributed by atoms with Crippen LogP contribution in [0.25, 0.3) is 0 Å². The number of H-pyrrole nitrogens is 1. The summed E-state index contributed by atoms with van der Waals surface area (Å²) < 4.78 is 6.35. The number of carbonyl (C=O) groups excluding carboxylic acids is 1. The zero-order chi connectivity index (χ0) is 13.9. The van der Waals surface area contributed by atoms with Crippen molar-refractivity contribution in [1.29, 1.82) is 0 Å². The molecular weight excluding hydrogens is 322 g/mol. The lowest BCUT2D eigenvalue weighted by atomic mass is 10.1. The molecule has 5 nitrogen and oxygen atoms in total. The first-order valence-electron chi connectivity index (χ1n) is 6.38. The van der Waals surface area contributed by atoms with Crippen LogP contribution in [0.3, 0.4) is 0 Å². The van der Waals surface area contributed by atoms with Crippen molar-refractivity contribution in [3.8, 4) is 0 Å². The summed E-state index contributed by atoms with van der Waals surface area (Å²) in [5.74, 6) is -0.235. The number of nitrogens with zero attached hydrogens (tertiary/aromatic N) is 1. The highest BCUT2D eigenvalue weighted by Crippen LogP contribution is 2.14. The molecule has 1 aromatic carbocycles. The maximum absolute atomic E-state index is 12.0. The molecule has 6 heteroatoms. The van der Waals surface area contributed by atoms with Crippen molar-refractivity contribution < 1.29 is 9.53 Å². The minimum Gasteiger partial charge on any atom is -0.460 e. The number of esters is 1. The Morgan fingerprint density at radius 2 is 2.20 bits per heavy atom. The fourth-order valence-corrected chi connectivity index (χ4v) is 2.44. The molecule has 104 valence electrons. The summed E-state index contributed by atoms with van der Waals surface area (Å²) in [5.41, 5.74) is 2.95. The van der Waals surface area contributed by atoms with E-state index in [9.17, 15) is 4.79 Å². The Balaban J connectivity index is 1.56. The van der Waals surface area contributed by atoms with E-state index in [1.165, 1.54) is 0 Å². The highest BCUT2D eigenvalue weighted by atomic mass is 79.9. The molecule has 20 heavy (non-hydrogen) atoms. The average Bonchev–Trinajstić information content (AvgIpc) is 2.93. The van der Waals surface area contributed by atoms with E-state index in [1.54, 1.807) is 6.33 Å². The molecule has 0 fully saturated rings. The highest BCUT2D eigenvalue weighted by molar-refractivity contribution is 9.10. The molecule has 1 aliphatic rings. The molecule has 3 rings (SSSR count). The lowest BCUT2D eigenvalue weighted by Gasteiger charge is -2.21. The van der Waals surface area contributed by atoms with E-state index in [2.05, 4.69) is 31.2 Å². The van der Waals surface area contributed by atoms with Crippen LogP contribution in [0.1, 0.15) is 17.0 Å². The first-order chi connectivity index (χ1) is 9.72. The number of benzene rings is 1. The molecule has 1 unspecified atom stereocenters. The van der Waals surface area contributed by atoms with E-state index in [4.69, 9.17) is 4.74 Å². The average molecular weight is 336 g/mol. The Kier molecular flexibility index (Phi) is 3.84. The minimum atomic E-state index is -0.318. The van der Waals surface area contributed by atoms with Gasteiger partial charge in [-0.05, 0) is 17.7 Å². The van der Waals surface area contributed by atoms with Crippen LogP contribution < -0.4 is 5.32 Å². The van der Waals surface area contributed by atoms with E-state index >= 15 is 0 Å². The maximum Gasteiger partial charge on any atom is 0.323 e. The van der Waals surface area contributed by atoms with Crippen molar-refractivity contribution in [3.63, 3.8) is 0 Å². The Labute approximate surface area is 124 Å². The van der Waals surface area contributed by atoms with Crippen molar-refractivity contribution in [2.45, 2.75) is 25.6 Å². The maximum atomic E-state index is 12.0. The van der Waals surface area contributed by atoms with Crippen LogP contribution in [0.4, 0.5) is 0 Å². The first kappa shape index (κ1) is 13.3. The van der Waals surface area contributed by atoms with Gasteiger partial charge in [-0.15, -0.1) is 0 Å². The van der Waals surface area contributed by atoms with Gasteiger partial charge >= 0.3 is 5.97 Å². The lowest BCUT2D eigenvalue weighted by molar-refractivity contribution is -0.147. The number of halogens is 1. The smallest absolute Gasteiger partial charge is 0.323 e. The van der Waals surface area contributed by atoms with Gasteiger partial charge in [-0.2, -0.15) is 0 Å². The molecule has 0 spiro atoms. The van der Waals surface area contributed by atoms with Gasteiger partial charge in [0.15, 0.2) is 0 Å². The molecule has 0 saturated heterocycles. The molecule has 0 bridgehead atoms. The van der Waals surface area contributed by atoms with Gasteiger partial charge in [0.05, 0.1) is 17.7 Å². The molecular formula is C14H14BrN3O2. The zero-order valence-electron chi connectivity index (χ0n) is 10.7. The predicted octanol–water partition coefficient (Wildman–Crippen LogP) is 1.93. The molecule has 1 aliphatic heterocycles. The molecule has 0 saturated carbocycles. The molecule has 2 aromatic rings. The number of nitrogens with one attached hydrogen (secondary N) is 2. The monoisotopic (exact) mass is 335 g/mol. The molecule has 0 aliphatic carbocycles. The largest absolute Gasteiger partial charge is 0.460 e. The Bertz CT molecular complexity index is 609. The topological polar surface area (TPSA) is 67.0 Å². The predicted molar refractivity (Wildman–Crippen MR) is 76.9 cm³/mol. The number of rotatable bonds is 3. The standard InChI is InChI=1S/C14H14BrN3O2/c15-10-3-1-9(2-4-10)7-20-14(19)12-5-11-13(6-16-12)18-8-17-11/h1-4,8,12,16H,5-7H2,(H,17,18). The van der Waals surface area contributed by atoms with Crippen LogP contribution >= 0.6 is 15.9 Å². The van der Waals surface area contributed by atoms with Crippen LogP contribution in [0, 0.1) is 0 Å². The van der Waals surface area contributed by atoms with Gasteiger partial charge in [-0.3, -0.25) is 10.1 Å². The fraction of sp³-hybridized carbons (Fsp3) is 0.286. The van der Waals surface area contributed by atoms with Crippen molar-refractivity contribution in [2.24, 2.45) is 0 Å². The number of aromatic nitrogens is 2. The third-order valence-corrected chi connectivity index (χ3v) is 3.84. The van der Waals surface area contributed by atoms with E-state index in [1.807, 2.05) is 24.3 Å². The fourth-order valence-electron chi connectivity index (χ4n) is 2.17. The number of carbonyl (C=O) groups is 1. The quantitative estimate of drug-likeness (QED) is 0.841. The third kappa shape index (κ3) is 2.91. The number of fused-ring (bicyclic) bond motifs is 1. The Hall–Kier alpha value is -1.66. The number of hydrogen-bond donors (Lipinski definition) is 2. The number of hydrogen-bond acceptors (Lipinski definition) is 4. The van der Waals surface area contributed by atoms with Crippen molar-refractivity contribution in [2.75, 3.05) is 0 Å². The van der Waals surface area contributed by atoms with Crippen LogP contribution in [0.5, 0.6) is 0 Å². The summed E-state index contributed by atoms with van der Waals surface area (Å²) in [6.07, 6.45) is 2.22. The van der Waals surface area contributed by atoms with Gasteiger partial charge in [0.25, 0.3) is 0 Å². The van der Waals surface area contributed by atoms with Crippen molar-refractivity contribution in [3.05, 3.63) is 52.0 Å². The Morgan fingerprint density at radius 1 is 1.40 bits per heavy atom. The second-order valence-corrected chi connectivity index (χ2v) is 5.62. The molecule has 2 N–H and O–H groups in total. The van der Waals surface area contributed by atoms with Gasteiger partial charge in [0.2, 0.25) is 0 Å². The van der Waals surface area contributed by atoms with E-state index < -0.39 is 0 Å². The summed E-state index contributed by atoms with van der Waals surface area (Å²) in [4.78, 5) is 19.3. The number of imidazole rings is 1. The van der Waals surface area contributed by atoms with E-state index in [-0.39, 0.29) is 18.6 Å². The normalized spacial score (nSPS) is 17.6. The van der Waals surface area contributed by atoms with Crippen molar-refractivity contribution in [1.82, 2.24) is 15.3 Å². The summed E-state index contributed by atoms with van der Waals surface area (Å²) >= 11 is 3.37. The van der Waals surface area contributed by atoms with Crippen LogP contribution in [-0.2, 0) is 29.1 Å². The second kappa shape index (κ2) is 5.76. The molecule has 2 heterocycles. The molecule has 1 aromatic heterocycles. The second-order valence-electron chi connectivity index (χ2n) is 4.70. The van der Waals surface area contributed by atoms with Gasteiger partial charge in [0.1, 0.15) is 12.6 Å². The lowest BCUT2D eigenvalue weighted by Crippen LogP contribution is -2.42. The first-order valence-corrected chi connectivity index (χ1v) is 7.17. The van der Waals surface area contributed by atoms with Gasteiger partial charge in [-0.25, -0.2) is 4.98 Å². The molecule has 0 radical (unpaired) electrons. The third-order valence-electron chi connectivity index (χ3n) is 3.31. The zero-order valence-corrected chi connectivity index (χ0v) is 12.3. The van der Waals surface area contributed by atoms with E-state index in [0.717, 1.165) is 21.4 Å². The summed E-state index contributed by atoms with van der Waals surface area (Å²) in [6.45, 7) is 0.908. The number of aromatic amines is 1. The molecule has 0 amide bonds. The Morgan fingerprint density at radius 3 is 3.00 bits per heavy atom. The summed E-state index contributed by atoms with van der Waals surface area (Å²) in [5, 5.41) is 3.15. The summed E-state index contributed by atoms with van der Waals surface area (Å²) in [6, 6.07) is 7.40. The van der Waals surface area contributed by atoms with Crippen LogP contribution in [0.2, 0.25) is 0 Å². The van der Waals surface area contributed by atoms with Gasteiger partial charge < -0.3 is 9.72 Å². The van der Waals surface area contributed by atoms with Crippen LogP contribution in [-0.4, -0.2) is 22.0 Å². The van der Waals surface area contributed by atoms with Gasteiger partial charge in [0, 0.05) is 17.4 Å². The van der Waals surface area contributed by atoms with Gasteiger partial charge in [-0.1, -0.05) is 28.1 Å². The summed E-state index contributed by atoms with van der Waals surface area (Å²) in [7, 11) is 0. The van der Waals surface area contributed by atoms with Crippen LogP contribution in [0.15, 0.2) is 35.1 Å². The SMILES string of the molecule is O=C(OCc1ccc(Br)cc1)C1Cc2nc[nH]c2CN1. The number of ether oxygens (including phenoxy) is 1. The van der Waals surface area contributed by atoms with Crippen molar-refractivity contribution >= 4 is 21.9 Å². The molecule has 1 atom stereocenters.